The van der Waals surface area contributed by atoms with Crippen molar-refractivity contribution in [1.82, 2.24) is 0 Å². The predicted octanol–water partition coefficient (Wildman–Crippen LogP) is 0.490. The van der Waals surface area contributed by atoms with Crippen molar-refractivity contribution in [3.8, 4) is 6.07 Å². The molecule has 1 heterocycles. The Bertz CT molecular complexity index is 548. The summed E-state index contributed by atoms with van der Waals surface area (Å²) in [5.41, 5.74) is 1.74. The number of nitrogens with zero attached hydrogens (tertiary/aromatic N) is 2. The Morgan fingerprint density at radius 2 is 2.39 bits per heavy atom. The Balaban J connectivity index is 2.36. The number of carbonyl (C=O) groups is 2. The van der Waals surface area contributed by atoms with Gasteiger partial charge in [0, 0.05) is 0 Å². The average Bonchev–Trinajstić information content (AvgIpc) is 2.41. The molecule has 1 aliphatic rings. The molecule has 0 spiro atoms. The molecule has 1 aromatic rings. The first-order chi connectivity index (χ1) is 8.65. The standard InChI is InChI=1S/C12H11N3O3/c1-18-12(17)7-15-10-3-2-8(5-13)4-9(10)14-6-11(15)16/h2-4,14H,6-7H2,1H3. The van der Waals surface area contributed by atoms with E-state index in [1.807, 2.05) is 6.07 Å². The Kier molecular flexibility index (Phi) is 3.15. The first-order valence-electron chi connectivity index (χ1n) is 5.31. The van der Waals surface area contributed by atoms with Gasteiger partial charge in [-0.05, 0) is 18.2 Å². The maximum Gasteiger partial charge on any atom is 0.325 e. The van der Waals surface area contributed by atoms with Crippen LogP contribution in [-0.4, -0.2) is 32.1 Å². The number of nitriles is 1. The summed E-state index contributed by atoms with van der Waals surface area (Å²) in [6.07, 6.45) is 0. The fourth-order valence-electron chi connectivity index (χ4n) is 1.75. The van der Waals surface area contributed by atoms with Gasteiger partial charge in [-0.1, -0.05) is 0 Å². The number of benzene rings is 1. The molecule has 0 fully saturated rings. The number of amides is 1. The van der Waals surface area contributed by atoms with Crippen LogP contribution in [0.3, 0.4) is 0 Å². The zero-order chi connectivity index (χ0) is 13.1. The van der Waals surface area contributed by atoms with E-state index in [1.54, 1.807) is 18.2 Å². The first-order valence-corrected chi connectivity index (χ1v) is 5.31. The molecule has 1 aromatic carbocycles. The molecule has 0 saturated carbocycles. The molecule has 0 radical (unpaired) electrons. The molecule has 0 aliphatic carbocycles. The Morgan fingerprint density at radius 3 is 3.06 bits per heavy atom. The van der Waals surface area contributed by atoms with Crippen LogP contribution >= 0.6 is 0 Å². The minimum atomic E-state index is -0.486. The van der Waals surface area contributed by atoms with Gasteiger partial charge in [0.2, 0.25) is 5.91 Å². The van der Waals surface area contributed by atoms with E-state index in [-0.39, 0.29) is 19.0 Å². The summed E-state index contributed by atoms with van der Waals surface area (Å²) in [4.78, 5) is 24.4. The average molecular weight is 245 g/mol. The number of anilines is 2. The number of hydrogen-bond acceptors (Lipinski definition) is 5. The molecule has 6 nitrogen and oxygen atoms in total. The van der Waals surface area contributed by atoms with E-state index in [9.17, 15) is 9.59 Å². The highest BCUT2D eigenvalue weighted by Gasteiger charge is 2.26. The van der Waals surface area contributed by atoms with E-state index in [0.717, 1.165) is 0 Å². The van der Waals surface area contributed by atoms with Gasteiger partial charge in [0.25, 0.3) is 0 Å². The van der Waals surface area contributed by atoms with Crippen molar-refractivity contribution in [2.45, 2.75) is 0 Å². The van der Waals surface area contributed by atoms with E-state index in [0.29, 0.717) is 16.9 Å². The maximum atomic E-state index is 11.8. The number of ether oxygens (including phenoxy) is 1. The van der Waals surface area contributed by atoms with Gasteiger partial charge in [0.1, 0.15) is 6.54 Å². The number of rotatable bonds is 2. The fraction of sp³-hybridized carbons (Fsp3) is 0.250. The van der Waals surface area contributed by atoms with Gasteiger partial charge in [0.15, 0.2) is 0 Å². The van der Waals surface area contributed by atoms with Crippen LogP contribution in [0.4, 0.5) is 11.4 Å². The Labute approximate surface area is 104 Å². The Hall–Kier alpha value is -2.55. The molecule has 0 aromatic heterocycles. The molecule has 0 unspecified atom stereocenters. The van der Waals surface area contributed by atoms with Crippen LogP contribution in [0.25, 0.3) is 0 Å². The van der Waals surface area contributed by atoms with Crippen molar-refractivity contribution < 1.29 is 14.3 Å². The van der Waals surface area contributed by atoms with Crippen molar-refractivity contribution in [3.05, 3.63) is 23.8 Å². The molecule has 6 heteroatoms. The monoisotopic (exact) mass is 245 g/mol. The lowest BCUT2D eigenvalue weighted by Gasteiger charge is -2.29. The largest absolute Gasteiger partial charge is 0.468 e. The third-order valence-corrected chi connectivity index (χ3v) is 2.66. The summed E-state index contributed by atoms with van der Waals surface area (Å²) in [5, 5.41) is 11.7. The van der Waals surface area contributed by atoms with Gasteiger partial charge in [-0.15, -0.1) is 0 Å². The van der Waals surface area contributed by atoms with Crippen LogP contribution in [0.5, 0.6) is 0 Å². The molecule has 1 N–H and O–H groups in total. The number of hydrogen-bond donors (Lipinski definition) is 1. The highest BCUT2D eigenvalue weighted by molar-refractivity contribution is 6.05. The molecule has 1 amide bonds. The lowest BCUT2D eigenvalue weighted by Crippen LogP contribution is -2.43. The summed E-state index contributed by atoms with van der Waals surface area (Å²) in [6, 6.07) is 6.91. The minimum Gasteiger partial charge on any atom is -0.468 e. The zero-order valence-electron chi connectivity index (χ0n) is 9.77. The van der Waals surface area contributed by atoms with E-state index in [1.165, 1.54) is 12.0 Å². The molecule has 0 bridgehead atoms. The summed E-state index contributed by atoms with van der Waals surface area (Å²) >= 11 is 0. The second kappa shape index (κ2) is 4.75. The van der Waals surface area contributed by atoms with Crippen LogP contribution < -0.4 is 10.2 Å². The predicted molar refractivity (Wildman–Crippen MR) is 64.0 cm³/mol. The molecular formula is C12H11N3O3. The van der Waals surface area contributed by atoms with E-state index in [2.05, 4.69) is 10.1 Å². The lowest BCUT2D eigenvalue weighted by molar-refractivity contribution is -0.139. The normalized spacial score (nSPS) is 13.3. The molecular weight excluding hydrogens is 234 g/mol. The number of carbonyl (C=O) groups excluding carboxylic acids is 2. The molecule has 0 atom stereocenters. The van der Waals surface area contributed by atoms with E-state index >= 15 is 0 Å². The fourth-order valence-corrected chi connectivity index (χ4v) is 1.75. The van der Waals surface area contributed by atoms with Crippen LogP contribution in [0.1, 0.15) is 5.56 Å². The second-order valence-corrected chi connectivity index (χ2v) is 3.75. The topological polar surface area (TPSA) is 82.4 Å². The lowest BCUT2D eigenvalue weighted by atomic mass is 10.1. The first kappa shape index (κ1) is 11.9. The van der Waals surface area contributed by atoms with Crippen molar-refractivity contribution in [1.29, 1.82) is 5.26 Å². The quantitative estimate of drug-likeness (QED) is 0.767. The third kappa shape index (κ3) is 2.11. The van der Waals surface area contributed by atoms with E-state index < -0.39 is 5.97 Å². The van der Waals surface area contributed by atoms with Crippen molar-refractivity contribution in [2.75, 3.05) is 30.4 Å². The molecule has 0 saturated heterocycles. The molecule has 18 heavy (non-hydrogen) atoms. The van der Waals surface area contributed by atoms with Crippen LogP contribution in [0.2, 0.25) is 0 Å². The van der Waals surface area contributed by atoms with Crippen molar-refractivity contribution >= 4 is 23.3 Å². The van der Waals surface area contributed by atoms with Gasteiger partial charge >= 0.3 is 5.97 Å². The SMILES string of the molecule is COC(=O)CN1C(=O)CNc2cc(C#N)ccc21. The van der Waals surface area contributed by atoms with Gasteiger partial charge in [-0.3, -0.25) is 14.5 Å². The number of methoxy groups -OCH3 is 1. The van der Waals surface area contributed by atoms with Gasteiger partial charge < -0.3 is 10.1 Å². The summed E-state index contributed by atoms with van der Waals surface area (Å²) in [6.45, 7) is -0.0329. The third-order valence-electron chi connectivity index (χ3n) is 2.66. The summed E-state index contributed by atoms with van der Waals surface area (Å²) < 4.78 is 4.56. The number of nitrogens with one attached hydrogen (secondary N) is 1. The van der Waals surface area contributed by atoms with Crippen LogP contribution in [0, 0.1) is 11.3 Å². The molecule has 92 valence electrons. The maximum absolute atomic E-state index is 11.8. The number of esters is 1. The van der Waals surface area contributed by atoms with Gasteiger partial charge in [-0.2, -0.15) is 5.26 Å². The van der Waals surface area contributed by atoms with Crippen molar-refractivity contribution in [2.24, 2.45) is 0 Å². The van der Waals surface area contributed by atoms with Crippen molar-refractivity contribution in [3.63, 3.8) is 0 Å². The molecule has 2 rings (SSSR count). The van der Waals surface area contributed by atoms with Gasteiger partial charge in [0.05, 0.1) is 36.7 Å². The van der Waals surface area contributed by atoms with Gasteiger partial charge in [-0.25, -0.2) is 0 Å². The minimum absolute atomic E-state index is 0.0961. The van der Waals surface area contributed by atoms with Crippen LogP contribution in [-0.2, 0) is 14.3 Å². The Morgan fingerprint density at radius 1 is 1.61 bits per heavy atom. The summed E-state index contributed by atoms with van der Waals surface area (Å²) in [7, 11) is 1.27. The van der Waals surface area contributed by atoms with Crippen LogP contribution in [0.15, 0.2) is 18.2 Å². The smallest absolute Gasteiger partial charge is 0.325 e. The highest BCUT2D eigenvalue weighted by atomic mass is 16.5. The highest BCUT2D eigenvalue weighted by Crippen LogP contribution is 2.30. The van der Waals surface area contributed by atoms with E-state index in [4.69, 9.17) is 5.26 Å². The second-order valence-electron chi connectivity index (χ2n) is 3.75. The summed E-state index contributed by atoms with van der Waals surface area (Å²) in [5.74, 6) is -0.696. The molecule has 1 aliphatic heterocycles. The zero-order valence-corrected chi connectivity index (χ0v) is 9.77. The number of fused-ring (bicyclic) bond motifs is 1.